The summed E-state index contributed by atoms with van der Waals surface area (Å²) in [5, 5.41) is 0. The lowest BCUT2D eigenvalue weighted by molar-refractivity contribution is -0.155. The quantitative estimate of drug-likeness (QED) is 0.590. The normalized spacial score (nSPS) is 32.5. The minimum absolute atomic E-state index is 0.000593. The zero-order valence-electron chi connectivity index (χ0n) is 17.2. The topological polar surface area (TPSA) is 46.6 Å². The third kappa shape index (κ3) is 7.62. The molecule has 4 nitrogen and oxygen atoms in total. The second-order valence-corrected chi connectivity index (χ2v) is 9.04. The van der Waals surface area contributed by atoms with Gasteiger partial charge < -0.3 is 9.64 Å². The number of cyclic esters (lactones) is 1. The van der Waals surface area contributed by atoms with Crippen molar-refractivity contribution in [1.82, 2.24) is 4.90 Å². The average Bonchev–Trinajstić information content (AvgIpc) is 2.49. The van der Waals surface area contributed by atoms with E-state index in [4.69, 9.17) is 4.74 Å². The number of nitrogens with zero attached hydrogens (tertiary/aromatic N) is 1. The summed E-state index contributed by atoms with van der Waals surface area (Å²) in [6.07, 6.45) is 7.52. The molecule has 4 unspecified atom stereocenters. The van der Waals surface area contributed by atoms with Crippen LogP contribution in [0.2, 0.25) is 0 Å². The van der Waals surface area contributed by atoms with Gasteiger partial charge in [-0.25, -0.2) is 0 Å². The molecule has 4 heteroatoms. The van der Waals surface area contributed by atoms with Gasteiger partial charge in [-0.3, -0.25) is 9.59 Å². The largest absolute Gasteiger partial charge is 0.462 e. The molecule has 0 aromatic rings. The summed E-state index contributed by atoms with van der Waals surface area (Å²) in [6, 6.07) is 0. The Labute approximate surface area is 154 Å². The van der Waals surface area contributed by atoms with Crippen LogP contribution in [0.5, 0.6) is 0 Å². The Morgan fingerprint density at radius 2 is 1.60 bits per heavy atom. The predicted octanol–water partition coefficient (Wildman–Crippen LogP) is 4.79. The molecule has 0 spiro atoms. The number of carbonyl (C=O) groups excluding carboxylic acids is 2. The smallest absolute Gasteiger partial charge is 0.309 e. The molecule has 1 amide bonds. The molecule has 0 aliphatic carbocycles. The van der Waals surface area contributed by atoms with Crippen LogP contribution in [0.3, 0.4) is 0 Å². The highest BCUT2D eigenvalue weighted by molar-refractivity contribution is 5.79. The van der Waals surface area contributed by atoms with Crippen LogP contribution in [-0.4, -0.2) is 29.9 Å². The first kappa shape index (κ1) is 21.7. The molecule has 1 aliphatic rings. The molecule has 4 atom stereocenters. The highest BCUT2D eigenvalue weighted by Crippen LogP contribution is 2.31. The number of esters is 1. The van der Waals surface area contributed by atoms with Gasteiger partial charge in [-0.05, 0) is 30.1 Å². The third-order valence-corrected chi connectivity index (χ3v) is 5.15. The van der Waals surface area contributed by atoms with E-state index in [-0.39, 0.29) is 35.7 Å². The molecule has 25 heavy (non-hydrogen) atoms. The maximum Gasteiger partial charge on any atom is 0.309 e. The van der Waals surface area contributed by atoms with E-state index in [1.54, 1.807) is 24.2 Å². The summed E-state index contributed by atoms with van der Waals surface area (Å²) in [5.74, 6) is 0.889. The van der Waals surface area contributed by atoms with E-state index < -0.39 is 0 Å². The Bertz CT molecular complexity index is 478. The lowest BCUT2D eigenvalue weighted by atomic mass is 9.81. The van der Waals surface area contributed by atoms with Crippen molar-refractivity contribution in [3.05, 3.63) is 12.3 Å². The molecule has 0 aromatic heterocycles. The predicted molar refractivity (Wildman–Crippen MR) is 102 cm³/mol. The Balaban J connectivity index is 2.93. The Morgan fingerprint density at radius 3 is 2.16 bits per heavy atom. The lowest BCUT2D eigenvalue weighted by Gasteiger charge is -2.32. The molecular formula is C21H37NO3. The second-order valence-electron chi connectivity index (χ2n) is 9.04. The SMILES string of the molecule is CC1CCC(C)CC(C(C)(C)C)OC(=O)C/C=C/N(C)C(=O)C(C)C1. The lowest BCUT2D eigenvalue weighted by Crippen LogP contribution is -2.33. The van der Waals surface area contributed by atoms with Crippen molar-refractivity contribution in [1.29, 1.82) is 0 Å². The van der Waals surface area contributed by atoms with E-state index in [9.17, 15) is 9.59 Å². The van der Waals surface area contributed by atoms with E-state index in [1.165, 1.54) is 0 Å². The summed E-state index contributed by atoms with van der Waals surface area (Å²) < 4.78 is 5.78. The zero-order chi connectivity index (χ0) is 19.2. The van der Waals surface area contributed by atoms with Crippen LogP contribution in [-0.2, 0) is 14.3 Å². The number of rotatable bonds is 0. The maximum absolute atomic E-state index is 12.4. The molecule has 1 aliphatic heterocycles. The van der Waals surface area contributed by atoms with Gasteiger partial charge in [-0.1, -0.05) is 60.5 Å². The molecule has 1 heterocycles. The van der Waals surface area contributed by atoms with Crippen molar-refractivity contribution >= 4 is 11.9 Å². The van der Waals surface area contributed by atoms with Crippen LogP contribution < -0.4 is 0 Å². The third-order valence-electron chi connectivity index (χ3n) is 5.15. The average molecular weight is 352 g/mol. The van der Waals surface area contributed by atoms with Crippen LogP contribution in [0, 0.1) is 23.2 Å². The van der Waals surface area contributed by atoms with Gasteiger partial charge in [0.25, 0.3) is 0 Å². The maximum atomic E-state index is 12.4. The molecule has 0 fully saturated rings. The van der Waals surface area contributed by atoms with E-state index >= 15 is 0 Å². The first-order valence-corrected chi connectivity index (χ1v) is 9.63. The highest BCUT2D eigenvalue weighted by atomic mass is 16.5. The van der Waals surface area contributed by atoms with Crippen LogP contribution in [0.4, 0.5) is 0 Å². The fourth-order valence-corrected chi connectivity index (χ4v) is 3.39. The first-order chi connectivity index (χ1) is 11.5. The zero-order valence-corrected chi connectivity index (χ0v) is 17.2. The molecule has 0 aromatic carbocycles. The van der Waals surface area contributed by atoms with Crippen molar-refractivity contribution in [2.75, 3.05) is 7.05 Å². The monoisotopic (exact) mass is 351 g/mol. The summed E-state index contributed by atoms with van der Waals surface area (Å²) in [4.78, 5) is 26.2. The minimum atomic E-state index is -0.222. The standard InChI is InChI=1S/C21H37NO3/c1-15-10-11-16(2)14-18(21(4,5)6)25-19(23)9-8-12-22(7)20(24)17(3)13-15/h8,12,15-18H,9-11,13-14H2,1-7H3/b12-8+. The highest BCUT2D eigenvalue weighted by Gasteiger charge is 2.30. The van der Waals surface area contributed by atoms with Gasteiger partial charge in [0.15, 0.2) is 0 Å². The molecule has 0 saturated heterocycles. The summed E-state index contributed by atoms with van der Waals surface area (Å²) in [7, 11) is 1.75. The number of hydrogen-bond acceptors (Lipinski definition) is 3. The van der Waals surface area contributed by atoms with Crippen molar-refractivity contribution in [3.8, 4) is 0 Å². The van der Waals surface area contributed by atoms with Gasteiger partial charge in [0.1, 0.15) is 6.10 Å². The van der Waals surface area contributed by atoms with Crippen LogP contribution in [0.15, 0.2) is 12.3 Å². The fourth-order valence-electron chi connectivity index (χ4n) is 3.39. The molecule has 144 valence electrons. The Kier molecular flexibility index (Phi) is 8.17. The summed E-state index contributed by atoms with van der Waals surface area (Å²) >= 11 is 0. The Hall–Kier alpha value is -1.32. The van der Waals surface area contributed by atoms with E-state index in [0.717, 1.165) is 25.7 Å². The Morgan fingerprint density at radius 1 is 1.04 bits per heavy atom. The van der Waals surface area contributed by atoms with Crippen LogP contribution in [0.25, 0.3) is 0 Å². The van der Waals surface area contributed by atoms with Gasteiger partial charge in [0.05, 0.1) is 6.42 Å². The molecule has 1 rings (SSSR count). The molecule has 0 N–H and O–H groups in total. The number of hydrogen-bond donors (Lipinski definition) is 0. The molecule has 0 radical (unpaired) electrons. The van der Waals surface area contributed by atoms with Crippen molar-refractivity contribution in [2.24, 2.45) is 23.2 Å². The van der Waals surface area contributed by atoms with Crippen molar-refractivity contribution < 1.29 is 14.3 Å². The number of ether oxygens (including phenoxy) is 1. The van der Waals surface area contributed by atoms with Crippen molar-refractivity contribution in [3.63, 3.8) is 0 Å². The summed E-state index contributed by atoms with van der Waals surface area (Å²) in [5.41, 5.74) is -0.0749. The van der Waals surface area contributed by atoms with Gasteiger partial charge in [-0.2, -0.15) is 0 Å². The van der Waals surface area contributed by atoms with Crippen LogP contribution in [0.1, 0.15) is 73.6 Å². The van der Waals surface area contributed by atoms with E-state index in [1.807, 2.05) is 6.92 Å². The van der Waals surface area contributed by atoms with Gasteiger partial charge in [0.2, 0.25) is 5.91 Å². The molecule has 0 saturated carbocycles. The van der Waals surface area contributed by atoms with Gasteiger partial charge >= 0.3 is 5.97 Å². The summed E-state index contributed by atoms with van der Waals surface area (Å²) in [6.45, 7) is 12.8. The van der Waals surface area contributed by atoms with Gasteiger partial charge in [0, 0.05) is 19.2 Å². The van der Waals surface area contributed by atoms with Crippen molar-refractivity contribution in [2.45, 2.75) is 79.8 Å². The van der Waals surface area contributed by atoms with E-state index in [2.05, 4.69) is 34.6 Å². The first-order valence-electron chi connectivity index (χ1n) is 9.63. The molecule has 0 bridgehead atoms. The van der Waals surface area contributed by atoms with Crippen LogP contribution >= 0.6 is 0 Å². The number of carbonyl (C=O) groups is 2. The van der Waals surface area contributed by atoms with Gasteiger partial charge in [-0.15, -0.1) is 0 Å². The molecular weight excluding hydrogens is 314 g/mol. The number of amides is 1. The fraction of sp³-hybridized carbons (Fsp3) is 0.810. The second kappa shape index (κ2) is 9.40. The van der Waals surface area contributed by atoms with E-state index in [0.29, 0.717) is 11.8 Å². The minimum Gasteiger partial charge on any atom is -0.462 e.